The molecule has 0 aromatic carbocycles. The quantitative estimate of drug-likeness (QED) is 0.348. The van der Waals surface area contributed by atoms with Gasteiger partial charge in [0, 0.05) is 25.6 Å². The van der Waals surface area contributed by atoms with Crippen LogP contribution in [0.25, 0.3) is 0 Å². The number of carbonyl (C=O) groups is 1. The number of amidine groups is 1. The van der Waals surface area contributed by atoms with Crippen LogP contribution >= 0.6 is 0 Å². The van der Waals surface area contributed by atoms with Crippen molar-refractivity contribution < 1.29 is 14.7 Å². The van der Waals surface area contributed by atoms with Crippen molar-refractivity contribution in [1.29, 1.82) is 0 Å². The first-order valence-corrected chi connectivity index (χ1v) is 6.55. The van der Waals surface area contributed by atoms with Gasteiger partial charge in [-0.05, 0) is 26.7 Å². The highest BCUT2D eigenvalue weighted by Gasteiger charge is 2.36. The average molecular weight is 271 g/mol. The lowest BCUT2D eigenvalue weighted by Gasteiger charge is -2.39. The Balaban J connectivity index is 2.57. The molecular weight excluding hydrogens is 246 g/mol. The van der Waals surface area contributed by atoms with Crippen LogP contribution in [0.15, 0.2) is 5.16 Å². The van der Waals surface area contributed by atoms with Crippen LogP contribution in [-0.4, -0.2) is 47.7 Å². The second-order valence-electron chi connectivity index (χ2n) is 6.07. The Morgan fingerprint density at radius 1 is 1.47 bits per heavy atom. The Hall–Kier alpha value is -1.30. The summed E-state index contributed by atoms with van der Waals surface area (Å²) in [6.45, 7) is 7.02. The minimum atomic E-state index is -0.441. The minimum Gasteiger partial charge on any atom is -0.409 e. The maximum absolute atomic E-state index is 12.2. The maximum atomic E-state index is 12.2. The number of likely N-dealkylation sites (tertiary alicyclic amines) is 1. The normalized spacial score (nSPS) is 20.4. The van der Waals surface area contributed by atoms with E-state index in [4.69, 9.17) is 15.7 Å². The third-order valence-corrected chi connectivity index (χ3v) is 4.08. The third-order valence-electron chi connectivity index (χ3n) is 4.08. The first-order chi connectivity index (χ1) is 8.74. The molecule has 0 aromatic heterocycles. The van der Waals surface area contributed by atoms with Gasteiger partial charge in [-0.2, -0.15) is 0 Å². The van der Waals surface area contributed by atoms with Gasteiger partial charge >= 0.3 is 0 Å². The minimum absolute atomic E-state index is 0.0911. The van der Waals surface area contributed by atoms with Crippen LogP contribution in [0, 0.1) is 5.41 Å². The molecule has 1 fully saturated rings. The Labute approximate surface area is 114 Å². The lowest BCUT2D eigenvalue weighted by molar-refractivity contribution is -0.138. The van der Waals surface area contributed by atoms with E-state index in [0.29, 0.717) is 32.4 Å². The van der Waals surface area contributed by atoms with E-state index in [2.05, 4.69) is 5.16 Å². The summed E-state index contributed by atoms with van der Waals surface area (Å²) >= 11 is 0. The smallest absolute Gasteiger partial charge is 0.225 e. The molecule has 110 valence electrons. The first-order valence-electron chi connectivity index (χ1n) is 6.55. The SMILES string of the molecule is COC(C)(C)CC(=O)N1CCC(C)(C(N)=NO)CC1. The standard InChI is InChI=1S/C13H25N3O3/c1-12(2,19-4)9-10(17)16-7-5-13(3,6-8-16)11(14)15-18/h18H,5-9H2,1-4H3,(H2,14,15). The largest absolute Gasteiger partial charge is 0.409 e. The molecule has 0 radical (unpaired) electrons. The average Bonchev–Trinajstić information content (AvgIpc) is 2.38. The van der Waals surface area contributed by atoms with Gasteiger partial charge in [-0.1, -0.05) is 12.1 Å². The topological polar surface area (TPSA) is 88.2 Å². The summed E-state index contributed by atoms with van der Waals surface area (Å²) < 4.78 is 5.28. The predicted molar refractivity (Wildman–Crippen MR) is 73.0 cm³/mol. The number of nitrogens with two attached hydrogens (primary N) is 1. The molecule has 0 bridgehead atoms. The zero-order valence-corrected chi connectivity index (χ0v) is 12.3. The van der Waals surface area contributed by atoms with Crippen LogP contribution in [0.1, 0.15) is 40.0 Å². The van der Waals surface area contributed by atoms with Gasteiger partial charge in [-0.3, -0.25) is 4.79 Å². The number of methoxy groups -OCH3 is 1. The maximum Gasteiger partial charge on any atom is 0.225 e. The molecule has 3 N–H and O–H groups in total. The molecule has 1 aliphatic rings. The van der Waals surface area contributed by atoms with E-state index in [-0.39, 0.29) is 17.2 Å². The molecular formula is C13H25N3O3. The zero-order valence-electron chi connectivity index (χ0n) is 12.3. The molecule has 6 heteroatoms. The van der Waals surface area contributed by atoms with Gasteiger partial charge in [0.25, 0.3) is 0 Å². The van der Waals surface area contributed by atoms with Crippen LogP contribution in [0.3, 0.4) is 0 Å². The molecule has 0 aromatic rings. The van der Waals surface area contributed by atoms with Crippen LogP contribution in [0.5, 0.6) is 0 Å². The Morgan fingerprint density at radius 3 is 2.42 bits per heavy atom. The second kappa shape index (κ2) is 5.77. The fraction of sp³-hybridized carbons (Fsp3) is 0.846. The first kappa shape index (κ1) is 15.8. The van der Waals surface area contributed by atoms with Crippen molar-refractivity contribution in [1.82, 2.24) is 4.90 Å². The summed E-state index contributed by atoms with van der Waals surface area (Å²) in [5, 5.41) is 11.9. The van der Waals surface area contributed by atoms with E-state index in [9.17, 15) is 4.79 Å². The highest BCUT2D eigenvalue weighted by atomic mass is 16.5. The van der Waals surface area contributed by atoms with Gasteiger partial charge in [-0.15, -0.1) is 0 Å². The molecule has 1 saturated heterocycles. The van der Waals surface area contributed by atoms with Gasteiger partial charge in [0.1, 0.15) is 5.84 Å². The van der Waals surface area contributed by atoms with Crippen LogP contribution < -0.4 is 5.73 Å². The summed E-state index contributed by atoms with van der Waals surface area (Å²) in [5.41, 5.74) is 4.95. The van der Waals surface area contributed by atoms with E-state index in [1.165, 1.54) is 0 Å². The molecule has 19 heavy (non-hydrogen) atoms. The van der Waals surface area contributed by atoms with Crippen molar-refractivity contribution in [3.63, 3.8) is 0 Å². The van der Waals surface area contributed by atoms with Gasteiger partial charge in [0.2, 0.25) is 5.91 Å². The van der Waals surface area contributed by atoms with E-state index in [0.717, 1.165) is 0 Å². The molecule has 1 aliphatic heterocycles. The lowest BCUT2D eigenvalue weighted by Crippen LogP contribution is -2.48. The van der Waals surface area contributed by atoms with Crippen LogP contribution in [-0.2, 0) is 9.53 Å². The summed E-state index contributed by atoms with van der Waals surface area (Å²) in [6, 6.07) is 0. The fourth-order valence-electron chi connectivity index (χ4n) is 2.17. The van der Waals surface area contributed by atoms with Crippen molar-refractivity contribution in [2.24, 2.45) is 16.3 Å². The van der Waals surface area contributed by atoms with Crippen LogP contribution in [0.4, 0.5) is 0 Å². The number of amides is 1. The van der Waals surface area contributed by atoms with Crippen molar-refractivity contribution >= 4 is 11.7 Å². The molecule has 1 amide bonds. The summed E-state index contributed by atoms with van der Waals surface area (Å²) in [4.78, 5) is 14.0. The van der Waals surface area contributed by atoms with Gasteiger partial charge in [0.15, 0.2) is 0 Å². The molecule has 1 heterocycles. The molecule has 0 spiro atoms. The summed E-state index contributed by atoms with van der Waals surface area (Å²) in [6.07, 6.45) is 1.79. The molecule has 0 atom stereocenters. The second-order valence-corrected chi connectivity index (χ2v) is 6.07. The highest BCUT2D eigenvalue weighted by molar-refractivity contribution is 5.86. The van der Waals surface area contributed by atoms with Gasteiger partial charge in [-0.25, -0.2) is 0 Å². The predicted octanol–water partition coefficient (Wildman–Crippen LogP) is 1.18. The zero-order chi connectivity index (χ0) is 14.7. The molecule has 6 nitrogen and oxygen atoms in total. The van der Waals surface area contributed by atoms with Gasteiger partial charge < -0.3 is 20.6 Å². The lowest BCUT2D eigenvalue weighted by atomic mass is 9.79. The van der Waals surface area contributed by atoms with E-state index < -0.39 is 5.60 Å². The number of oxime groups is 1. The number of hydrogen-bond acceptors (Lipinski definition) is 4. The number of carbonyl (C=O) groups excluding carboxylic acids is 1. The fourth-order valence-corrected chi connectivity index (χ4v) is 2.17. The van der Waals surface area contributed by atoms with E-state index >= 15 is 0 Å². The number of piperidine rings is 1. The Kier molecular flexibility index (Phi) is 4.79. The van der Waals surface area contributed by atoms with Crippen molar-refractivity contribution in [2.75, 3.05) is 20.2 Å². The van der Waals surface area contributed by atoms with Crippen molar-refractivity contribution in [3.8, 4) is 0 Å². The Morgan fingerprint density at radius 2 is 2.00 bits per heavy atom. The number of hydrogen-bond donors (Lipinski definition) is 2. The molecule has 1 rings (SSSR count). The molecule has 0 aliphatic carbocycles. The molecule has 0 saturated carbocycles. The number of nitrogens with zero attached hydrogens (tertiary/aromatic N) is 2. The van der Waals surface area contributed by atoms with Gasteiger partial charge in [0.05, 0.1) is 12.0 Å². The third kappa shape index (κ3) is 3.83. The van der Waals surface area contributed by atoms with Crippen molar-refractivity contribution in [2.45, 2.75) is 45.6 Å². The number of ether oxygens (including phenoxy) is 1. The van der Waals surface area contributed by atoms with E-state index in [1.807, 2.05) is 25.7 Å². The molecule has 0 unspecified atom stereocenters. The summed E-state index contributed by atoms with van der Waals surface area (Å²) in [7, 11) is 1.61. The van der Waals surface area contributed by atoms with Crippen molar-refractivity contribution in [3.05, 3.63) is 0 Å². The van der Waals surface area contributed by atoms with Crippen LogP contribution in [0.2, 0.25) is 0 Å². The monoisotopic (exact) mass is 271 g/mol. The summed E-state index contributed by atoms with van der Waals surface area (Å²) in [5.74, 6) is 0.338. The highest BCUT2D eigenvalue weighted by Crippen LogP contribution is 2.31. The van der Waals surface area contributed by atoms with E-state index in [1.54, 1.807) is 7.11 Å². The number of rotatable bonds is 4. The Bertz CT molecular complexity index is 358.